The highest BCUT2D eigenvalue weighted by Gasteiger charge is 2.05. The van der Waals surface area contributed by atoms with Crippen LogP contribution in [-0.2, 0) is 4.79 Å². The maximum Gasteiger partial charge on any atom is 0.248 e. The van der Waals surface area contributed by atoms with E-state index in [1.54, 1.807) is 43.3 Å². The number of phenols is 1. The van der Waals surface area contributed by atoms with Crippen LogP contribution in [0.3, 0.4) is 0 Å². The summed E-state index contributed by atoms with van der Waals surface area (Å²) in [5, 5.41) is 12.4. The van der Waals surface area contributed by atoms with E-state index in [0.29, 0.717) is 16.9 Å². The third-order valence-electron chi connectivity index (χ3n) is 2.83. The lowest BCUT2D eigenvalue weighted by Crippen LogP contribution is -2.08. The Morgan fingerprint density at radius 1 is 1.25 bits per heavy atom. The maximum atomic E-state index is 11.8. The second kappa shape index (κ2) is 5.93. The Kier molecular flexibility index (Phi) is 4.05. The van der Waals surface area contributed by atoms with E-state index in [-0.39, 0.29) is 11.7 Å². The standard InChI is InChI=1S/C16H16N2O2/c1-11-4-2-7-14(16(11)20)18-15(19)9-8-12-5-3-6-13(17)10-12/h2-10,20H,17H2,1H3,(H,18,19)/b9-8+. The number of nitrogens with two attached hydrogens (primary N) is 1. The van der Waals surface area contributed by atoms with Crippen molar-refractivity contribution in [3.63, 3.8) is 0 Å². The fourth-order valence-electron chi connectivity index (χ4n) is 1.77. The van der Waals surface area contributed by atoms with Crippen LogP contribution in [0.15, 0.2) is 48.5 Å². The van der Waals surface area contributed by atoms with Crippen molar-refractivity contribution < 1.29 is 9.90 Å². The van der Waals surface area contributed by atoms with Gasteiger partial charge in [0.05, 0.1) is 5.69 Å². The first-order chi connectivity index (χ1) is 9.56. The highest BCUT2D eigenvalue weighted by Crippen LogP contribution is 2.26. The van der Waals surface area contributed by atoms with Crippen molar-refractivity contribution in [1.82, 2.24) is 0 Å². The van der Waals surface area contributed by atoms with Crippen LogP contribution >= 0.6 is 0 Å². The molecular formula is C16H16N2O2. The van der Waals surface area contributed by atoms with Gasteiger partial charge in [0.25, 0.3) is 0 Å². The molecule has 0 saturated carbocycles. The molecule has 0 fully saturated rings. The molecule has 1 amide bonds. The van der Waals surface area contributed by atoms with E-state index in [1.807, 2.05) is 12.1 Å². The Morgan fingerprint density at radius 2 is 2.00 bits per heavy atom. The molecule has 0 aliphatic rings. The smallest absolute Gasteiger partial charge is 0.248 e. The molecule has 20 heavy (non-hydrogen) atoms. The molecule has 102 valence electrons. The molecular weight excluding hydrogens is 252 g/mol. The van der Waals surface area contributed by atoms with Crippen LogP contribution in [0, 0.1) is 6.92 Å². The molecule has 0 atom stereocenters. The Hall–Kier alpha value is -2.75. The molecule has 0 bridgehead atoms. The average Bonchev–Trinajstić information content (AvgIpc) is 2.42. The van der Waals surface area contributed by atoms with Crippen LogP contribution in [-0.4, -0.2) is 11.0 Å². The van der Waals surface area contributed by atoms with Gasteiger partial charge in [0, 0.05) is 11.8 Å². The van der Waals surface area contributed by atoms with Crippen LogP contribution in [0.2, 0.25) is 0 Å². The number of anilines is 2. The second-order valence-corrected chi connectivity index (χ2v) is 4.46. The molecule has 0 heterocycles. The number of hydrogen-bond acceptors (Lipinski definition) is 3. The summed E-state index contributed by atoms with van der Waals surface area (Å²) < 4.78 is 0. The van der Waals surface area contributed by atoms with Crippen LogP contribution in [0.25, 0.3) is 6.08 Å². The molecule has 0 aromatic heterocycles. The number of aryl methyl sites for hydroxylation is 1. The third kappa shape index (κ3) is 3.38. The van der Waals surface area contributed by atoms with Crippen LogP contribution < -0.4 is 11.1 Å². The molecule has 0 unspecified atom stereocenters. The van der Waals surface area contributed by atoms with Crippen molar-refractivity contribution >= 4 is 23.4 Å². The topological polar surface area (TPSA) is 75.4 Å². The minimum atomic E-state index is -0.312. The number of carbonyl (C=O) groups excluding carboxylic acids is 1. The largest absolute Gasteiger partial charge is 0.505 e. The summed E-state index contributed by atoms with van der Waals surface area (Å²) in [7, 11) is 0. The van der Waals surface area contributed by atoms with Gasteiger partial charge in [-0.25, -0.2) is 0 Å². The predicted octanol–water partition coefficient (Wildman–Crippen LogP) is 2.93. The number of benzene rings is 2. The van der Waals surface area contributed by atoms with E-state index in [2.05, 4.69) is 5.32 Å². The summed E-state index contributed by atoms with van der Waals surface area (Å²) in [6.45, 7) is 1.77. The lowest BCUT2D eigenvalue weighted by molar-refractivity contribution is -0.111. The minimum Gasteiger partial charge on any atom is -0.505 e. The molecule has 0 aliphatic heterocycles. The van der Waals surface area contributed by atoms with Gasteiger partial charge >= 0.3 is 0 Å². The zero-order chi connectivity index (χ0) is 14.5. The monoisotopic (exact) mass is 268 g/mol. The zero-order valence-corrected chi connectivity index (χ0v) is 11.1. The number of hydrogen-bond donors (Lipinski definition) is 3. The zero-order valence-electron chi connectivity index (χ0n) is 11.1. The number of para-hydroxylation sites is 1. The molecule has 2 aromatic rings. The molecule has 4 heteroatoms. The summed E-state index contributed by atoms with van der Waals surface area (Å²) in [4.78, 5) is 11.8. The predicted molar refractivity (Wildman–Crippen MR) is 81.4 cm³/mol. The number of phenolic OH excluding ortho intramolecular Hbond substituents is 1. The first-order valence-electron chi connectivity index (χ1n) is 6.19. The lowest BCUT2D eigenvalue weighted by Gasteiger charge is -2.06. The minimum absolute atomic E-state index is 0.0817. The third-order valence-corrected chi connectivity index (χ3v) is 2.83. The Labute approximate surface area is 117 Å². The van der Waals surface area contributed by atoms with Gasteiger partial charge in [-0.3, -0.25) is 4.79 Å². The number of carbonyl (C=O) groups is 1. The fraction of sp³-hybridized carbons (Fsp3) is 0.0625. The molecule has 0 saturated heterocycles. The Morgan fingerprint density at radius 3 is 2.75 bits per heavy atom. The van der Waals surface area contributed by atoms with Crippen molar-refractivity contribution in [2.75, 3.05) is 11.1 Å². The SMILES string of the molecule is Cc1cccc(NC(=O)/C=C/c2cccc(N)c2)c1O. The molecule has 0 aliphatic carbocycles. The normalized spacial score (nSPS) is 10.7. The molecule has 0 spiro atoms. The quantitative estimate of drug-likeness (QED) is 0.455. The summed E-state index contributed by atoms with van der Waals surface area (Å²) in [6.07, 6.45) is 3.06. The van der Waals surface area contributed by atoms with E-state index < -0.39 is 0 Å². The number of aromatic hydroxyl groups is 1. The van der Waals surface area contributed by atoms with Crippen molar-refractivity contribution in [1.29, 1.82) is 0 Å². The molecule has 0 radical (unpaired) electrons. The van der Waals surface area contributed by atoms with Crippen molar-refractivity contribution in [3.05, 3.63) is 59.7 Å². The molecule has 4 nitrogen and oxygen atoms in total. The van der Waals surface area contributed by atoms with Crippen molar-refractivity contribution in [2.45, 2.75) is 6.92 Å². The molecule has 2 aromatic carbocycles. The van der Waals surface area contributed by atoms with Gasteiger partial charge < -0.3 is 16.2 Å². The van der Waals surface area contributed by atoms with E-state index in [9.17, 15) is 9.90 Å². The van der Waals surface area contributed by atoms with Crippen LogP contribution in [0.4, 0.5) is 11.4 Å². The number of amides is 1. The fourth-order valence-corrected chi connectivity index (χ4v) is 1.77. The summed E-state index contributed by atoms with van der Waals surface area (Å²) in [5.41, 5.74) is 8.25. The van der Waals surface area contributed by atoms with Gasteiger partial charge in [-0.2, -0.15) is 0 Å². The van der Waals surface area contributed by atoms with Crippen molar-refractivity contribution in [2.24, 2.45) is 0 Å². The summed E-state index contributed by atoms with van der Waals surface area (Å²) in [6, 6.07) is 12.4. The first-order valence-corrected chi connectivity index (χ1v) is 6.19. The molecule has 2 rings (SSSR count). The average molecular weight is 268 g/mol. The Balaban J connectivity index is 2.08. The van der Waals surface area contributed by atoms with Crippen LogP contribution in [0.5, 0.6) is 5.75 Å². The van der Waals surface area contributed by atoms with Gasteiger partial charge in [-0.15, -0.1) is 0 Å². The van der Waals surface area contributed by atoms with Gasteiger partial charge in [0.1, 0.15) is 5.75 Å². The number of nitrogen functional groups attached to an aromatic ring is 1. The van der Waals surface area contributed by atoms with Gasteiger partial charge in [0.15, 0.2) is 0 Å². The van der Waals surface area contributed by atoms with Gasteiger partial charge in [0.2, 0.25) is 5.91 Å². The van der Waals surface area contributed by atoms with Crippen LogP contribution in [0.1, 0.15) is 11.1 Å². The summed E-state index contributed by atoms with van der Waals surface area (Å²) in [5.74, 6) is -0.230. The van der Waals surface area contributed by atoms with Gasteiger partial charge in [-0.05, 0) is 42.3 Å². The first kappa shape index (κ1) is 13.7. The highest BCUT2D eigenvalue weighted by molar-refractivity contribution is 6.02. The van der Waals surface area contributed by atoms with E-state index in [0.717, 1.165) is 5.56 Å². The number of rotatable bonds is 3. The van der Waals surface area contributed by atoms with Gasteiger partial charge in [-0.1, -0.05) is 24.3 Å². The number of nitrogens with one attached hydrogen (secondary N) is 1. The Bertz CT molecular complexity index is 663. The van der Waals surface area contributed by atoms with E-state index in [4.69, 9.17) is 5.73 Å². The van der Waals surface area contributed by atoms with Crippen molar-refractivity contribution in [3.8, 4) is 5.75 Å². The second-order valence-electron chi connectivity index (χ2n) is 4.46. The van der Waals surface area contributed by atoms with E-state index >= 15 is 0 Å². The maximum absolute atomic E-state index is 11.8. The lowest BCUT2D eigenvalue weighted by atomic mass is 10.2. The van der Waals surface area contributed by atoms with E-state index in [1.165, 1.54) is 6.08 Å². The highest BCUT2D eigenvalue weighted by atomic mass is 16.3. The summed E-state index contributed by atoms with van der Waals surface area (Å²) >= 11 is 0. The molecule has 4 N–H and O–H groups in total.